The van der Waals surface area contributed by atoms with Crippen LogP contribution in [-0.2, 0) is 169 Å². The molecule has 0 fully saturated rings. The topological polar surface area (TPSA) is 463 Å². The number of aliphatic carboxylic acids is 4. The quantitative estimate of drug-likeness (QED) is 0.0665. The third-order valence-corrected chi connectivity index (χ3v) is 12.3. The summed E-state index contributed by atoms with van der Waals surface area (Å²) in [5.74, 6) is -6.24. The average Bonchev–Trinajstić information content (AvgIpc) is 0.988. The molecule has 0 radical (unpaired) electrons. The van der Waals surface area contributed by atoms with E-state index in [0.29, 0.717) is 44.5 Å². The maximum atomic E-state index is 11.7. The Bertz CT molecular complexity index is 2990. The smallest absolute Gasteiger partial charge is 2.00 e. The van der Waals surface area contributed by atoms with Crippen LogP contribution in [0.15, 0.2) is 194 Å². The van der Waals surface area contributed by atoms with Crippen LogP contribution < -0.4 is 61.3 Å². The zero-order valence-corrected chi connectivity index (χ0v) is 58.2. The first-order valence-corrected chi connectivity index (χ1v) is 27.4. The minimum Gasteiger partial charge on any atom is -2.00 e. The van der Waals surface area contributed by atoms with Crippen LogP contribution in [0, 0.1) is 22.7 Å². The van der Waals surface area contributed by atoms with E-state index in [2.05, 4.69) is 0 Å². The number of carboxylic acid groups (broad SMARTS) is 4. The number of carbonyl (C=O) groups excluding carboxylic acids is 4. The molecular weight excluding hydrogens is 1380 g/mol. The molecular formula is C68H62N6O18Ti4. The number of rotatable bonds is 24. The van der Waals surface area contributed by atoms with Gasteiger partial charge in [0.1, 0.15) is 0 Å². The number of para-hydroxylation sites is 8. The van der Waals surface area contributed by atoms with Crippen molar-refractivity contribution in [2.75, 3.05) is 26.2 Å². The van der Waals surface area contributed by atoms with Crippen molar-refractivity contribution in [3.63, 3.8) is 0 Å². The fourth-order valence-electron chi connectivity index (χ4n) is 8.40. The van der Waals surface area contributed by atoms with Crippen LogP contribution in [0.5, 0.6) is 46.0 Å². The summed E-state index contributed by atoms with van der Waals surface area (Å²) in [6.45, 7) is 2.72. The molecule has 0 aliphatic rings. The van der Waals surface area contributed by atoms with Gasteiger partial charge in [-0.15, -0.1) is 46.0 Å². The zero-order valence-electron chi connectivity index (χ0n) is 52.0. The fourth-order valence-corrected chi connectivity index (χ4v) is 8.40. The second-order valence-electron chi connectivity index (χ2n) is 19.4. The maximum absolute atomic E-state index is 11.7. The van der Waals surface area contributed by atoms with Crippen molar-refractivity contribution < 1.29 is 178 Å². The Morgan fingerprint density at radius 2 is 0.365 bits per heavy atom. The largest absolute Gasteiger partial charge is 4.00 e. The van der Waals surface area contributed by atoms with E-state index < -0.39 is 23.9 Å². The molecule has 0 unspecified atom stereocenters. The van der Waals surface area contributed by atoms with E-state index >= 15 is 0 Å². The van der Waals surface area contributed by atoms with E-state index in [0.717, 1.165) is 0 Å². The summed E-state index contributed by atoms with van der Waals surface area (Å²) < 4.78 is 0. The summed E-state index contributed by atoms with van der Waals surface area (Å²) in [5, 5.41) is 152. The van der Waals surface area contributed by atoms with Gasteiger partial charge in [0.25, 0.3) is 0 Å². The van der Waals surface area contributed by atoms with E-state index in [1.807, 2.05) is 0 Å². The Morgan fingerprint density at radius 3 is 0.448 bits per heavy atom. The SMILES string of the molecule is CC#N.CC#N.O=C([O-])CN(Cc1ccccc1[O-])Cc1ccccc1[O-].O=C([O-])CN(Cc1ccccc1[O-])Cc1ccccc1[O-].O=C([O-])CN(Cc1ccccc1[O-])Cc1ccccc1[O-].O=C([O-])CN(Cc1ccccc1[O-])Cc1ccccc1[O-].[O-2].[O-2].[Ti+4].[Ti+4].[Ti+4].[Ti+4]. The molecule has 0 spiro atoms. The minimum atomic E-state index is -1.25. The predicted molar refractivity (Wildman–Crippen MR) is 308 cm³/mol. The van der Waals surface area contributed by atoms with Crippen LogP contribution in [-0.4, -0.2) is 69.7 Å². The Hall–Kier alpha value is -8.36. The third kappa shape index (κ3) is 37.7. The van der Waals surface area contributed by atoms with Crippen molar-refractivity contribution in [3.05, 3.63) is 239 Å². The van der Waals surface area contributed by atoms with Crippen LogP contribution in [0.2, 0.25) is 0 Å². The number of nitrogens with zero attached hydrogens (tertiary/aromatic N) is 6. The number of hydrogen-bond acceptors (Lipinski definition) is 22. The number of hydrogen-bond donors (Lipinski definition) is 0. The summed E-state index contributed by atoms with van der Waals surface area (Å²) in [6, 6.07) is 54.8. The molecule has 8 aromatic carbocycles. The zero-order chi connectivity index (χ0) is 66.4. The molecule has 0 N–H and O–H groups in total. The van der Waals surface area contributed by atoms with Gasteiger partial charge in [0, 0.05) is 92.4 Å². The molecule has 0 saturated carbocycles. The van der Waals surface area contributed by atoms with Gasteiger partial charge in [-0.05, 0) is 44.5 Å². The molecule has 0 heterocycles. The molecule has 24 nitrogen and oxygen atoms in total. The number of carboxylic acids is 4. The van der Waals surface area contributed by atoms with Crippen LogP contribution in [0.4, 0.5) is 0 Å². The van der Waals surface area contributed by atoms with Crippen molar-refractivity contribution in [2.45, 2.75) is 66.2 Å². The van der Waals surface area contributed by atoms with Gasteiger partial charge in [-0.25, -0.2) is 0 Å². The Morgan fingerprint density at radius 1 is 0.271 bits per heavy atom. The second kappa shape index (κ2) is 52.9. The monoisotopic (exact) mass is 1440 g/mol. The van der Waals surface area contributed by atoms with E-state index in [1.54, 1.807) is 158 Å². The van der Waals surface area contributed by atoms with E-state index in [1.165, 1.54) is 82.0 Å². The van der Waals surface area contributed by atoms with Crippen LogP contribution >= 0.6 is 0 Å². The van der Waals surface area contributed by atoms with Crippen LogP contribution in [0.25, 0.3) is 0 Å². The van der Waals surface area contributed by atoms with Gasteiger partial charge >= 0.3 is 86.9 Å². The first kappa shape index (κ1) is 94.0. The van der Waals surface area contributed by atoms with Crippen LogP contribution in [0.3, 0.4) is 0 Å². The van der Waals surface area contributed by atoms with Gasteiger partial charge in [-0.1, -0.05) is 194 Å². The van der Waals surface area contributed by atoms with Crippen molar-refractivity contribution in [1.29, 1.82) is 10.5 Å². The molecule has 0 aliphatic carbocycles. The Kier molecular flexibility index (Phi) is 51.8. The van der Waals surface area contributed by atoms with E-state index in [4.69, 9.17) is 10.5 Å². The molecule has 8 rings (SSSR count). The summed E-state index contributed by atoms with van der Waals surface area (Å²) >= 11 is 0. The summed E-state index contributed by atoms with van der Waals surface area (Å²) in [7, 11) is 0. The minimum absolute atomic E-state index is 0. The molecule has 0 aliphatic heterocycles. The van der Waals surface area contributed by atoms with Gasteiger partial charge in [0.15, 0.2) is 0 Å². The summed E-state index contributed by atoms with van der Waals surface area (Å²) in [4.78, 5) is 49.4. The first-order chi connectivity index (χ1) is 43.1. The third-order valence-electron chi connectivity index (χ3n) is 12.3. The van der Waals surface area contributed by atoms with Crippen molar-refractivity contribution in [2.24, 2.45) is 0 Å². The van der Waals surface area contributed by atoms with Crippen molar-refractivity contribution >= 4 is 23.9 Å². The fraction of sp³-hybridized carbons (Fsp3) is 0.206. The normalized spacial score (nSPS) is 9.54. The van der Waals surface area contributed by atoms with Crippen LogP contribution in [0.1, 0.15) is 58.4 Å². The summed E-state index contributed by atoms with van der Waals surface area (Å²) in [6.07, 6.45) is 0. The molecule has 28 heteroatoms. The molecule has 0 atom stereocenters. The van der Waals surface area contributed by atoms with E-state index in [9.17, 15) is 80.5 Å². The van der Waals surface area contributed by atoms with E-state index in [-0.39, 0.29) is 222 Å². The second-order valence-corrected chi connectivity index (χ2v) is 19.4. The predicted octanol–water partition coefficient (Wildman–Crippen LogP) is -0.844. The van der Waals surface area contributed by atoms with Gasteiger partial charge in [0.2, 0.25) is 0 Å². The Balaban J connectivity index is -0.000000560. The molecule has 0 amide bonds. The van der Waals surface area contributed by atoms with Crippen molar-refractivity contribution in [3.8, 4) is 58.1 Å². The van der Waals surface area contributed by atoms with Gasteiger partial charge < -0.3 is 91.4 Å². The molecule has 0 saturated heterocycles. The average molecular weight is 1440 g/mol. The maximum Gasteiger partial charge on any atom is 4.00 e. The number of nitriles is 2. The summed E-state index contributed by atoms with van der Waals surface area (Å²) in [5.41, 5.74) is 3.90. The molecule has 96 heavy (non-hydrogen) atoms. The number of benzene rings is 8. The molecule has 8 aromatic rings. The Labute approximate surface area is 616 Å². The van der Waals surface area contributed by atoms with Crippen molar-refractivity contribution in [1.82, 2.24) is 19.6 Å². The molecule has 0 bridgehead atoms. The standard InChI is InChI=1S/4C16H17NO4.2C2H3N.2O.4Ti/c4*18-14-7-3-1-5-12(14)9-17(11-16(20)21)10-13-6-2-4-8-15(13)19;2*1-2-3;;;;;;/h4*1-8,18-19H,9-11H2,(H,20,21);2*1H3;;;;;;/q;;;;;;2*-2;4*+4/p-12. The first-order valence-electron chi connectivity index (χ1n) is 27.4. The van der Waals surface area contributed by atoms with Gasteiger partial charge in [-0.3, -0.25) is 19.6 Å². The molecule has 488 valence electrons. The molecule has 0 aromatic heterocycles. The number of carbonyl (C=O) groups is 4. The van der Waals surface area contributed by atoms with Gasteiger partial charge in [-0.2, -0.15) is 10.5 Å². The van der Waals surface area contributed by atoms with Gasteiger partial charge in [0.05, 0.1) is 36.0 Å².